The molecular weight excluding hydrogens is 346 g/mol. The Morgan fingerprint density at radius 3 is 2.77 bits per heavy atom. The van der Waals surface area contributed by atoms with Crippen LogP contribution in [0.5, 0.6) is 5.75 Å². The number of hydrogen-bond donors (Lipinski definition) is 0. The molecule has 4 heterocycles. The second-order valence-electron chi connectivity index (χ2n) is 7.15. The topological polar surface area (TPSA) is 45.7 Å². The molecule has 0 unspecified atom stereocenters. The fourth-order valence-corrected chi connectivity index (χ4v) is 4.62. The predicted molar refractivity (Wildman–Crippen MR) is 102 cm³/mol. The molecule has 3 saturated heterocycles. The molecule has 6 heteroatoms. The van der Waals surface area contributed by atoms with Crippen molar-refractivity contribution in [1.82, 2.24) is 14.8 Å². The lowest BCUT2D eigenvalue weighted by Gasteiger charge is -2.35. The largest absolute Gasteiger partial charge is 0.494 e. The minimum Gasteiger partial charge on any atom is -0.494 e. The van der Waals surface area contributed by atoms with Crippen molar-refractivity contribution in [2.24, 2.45) is 5.92 Å². The van der Waals surface area contributed by atoms with Crippen molar-refractivity contribution in [2.45, 2.75) is 38.9 Å². The zero-order valence-corrected chi connectivity index (χ0v) is 16.0. The molecule has 0 N–H and O–H groups in total. The van der Waals surface area contributed by atoms with Gasteiger partial charge in [-0.25, -0.2) is 4.98 Å². The van der Waals surface area contributed by atoms with Crippen LogP contribution in [0, 0.1) is 5.92 Å². The smallest absolute Gasteiger partial charge is 0.227 e. The number of nitrogens with zero attached hydrogens (tertiary/aromatic N) is 3. The molecule has 3 fully saturated rings. The third-order valence-electron chi connectivity index (χ3n) is 5.33. The predicted octanol–water partition coefficient (Wildman–Crippen LogP) is 3.16. The summed E-state index contributed by atoms with van der Waals surface area (Å²) in [7, 11) is 0. The monoisotopic (exact) mass is 371 g/mol. The Morgan fingerprint density at radius 2 is 2.04 bits per heavy atom. The molecule has 1 amide bonds. The van der Waals surface area contributed by atoms with E-state index in [0.717, 1.165) is 43.9 Å². The third kappa shape index (κ3) is 3.76. The summed E-state index contributed by atoms with van der Waals surface area (Å²) in [5, 5.41) is 2.05. The van der Waals surface area contributed by atoms with E-state index in [1.807, 2.05) is 29.9 Å². The van der Waals surface area contributed by atoms with E-state index >= 15 is 0 Å². The number of amides is 1. The highest BCUT2D eigenvalue weighted by atomic mass is 32.1. The quantitative estimate of drug-likeness (QED) is 0.782. The normalized spacial score (nSPS) is 23.3. The van der Waals surface area contributed by atoms with E-state index in [1.165, 1.54) is 5.56 Å². The molecule has 3 aliphatic rings. The summed E-state index contributed by atoms with van der Waals surface area (Å²) in [6, 6.07) is 8.63. The van der Waals surface area contributed by atoms with Crippen molar-refractivity contribution >= 4 is 17.2 Å². The minimum atomic E-state index is 0.120. The Bertz CT molecular complexity index is 732. The molecule has 1 aromatic carbocycles. The van der Waals surface area contributed by atoms with Gasteiger partial charge in [-0.3, -0.25) is 9.69 Å². The first kappa shape index (κ1) is 17.5. The number of aromatic nitrogens is 1. The highest BCUT2D eigenvalue weighted by Crippen LogP contribution is 2.31. The van der Waals surface area contributed by atoms with E-state index in [2.05, 4.69) is 26.9 Å². The van der Waals surface area contributed by atoms with Gasteiger partial charge in [-0.2, -0.15) is 0 Å². The highest BCUT2D eigenvalue weighted by molar-refractivity contribution is 7.07. The Morgan fingerprint density at radius 1 is 1.19 bits per heavy atom. The van der Waals surface area contributed by atoms with E-state index in [9.17, 15) is 4.79 Å². The molecule has 5 rings (SSSR count). The number of rotatable bonds is 6. The standard InChI is InChI=1S/C20H25N3O2S/c1-2-25-19-7-3-15(4-8-19)9-22-10-16-5-6-18(12-22)23(20(16)24)11-17-13-26-14-21-17/h3-4,7-8,13-14,16,18H,2,5-6,9-12H2,1H3/t16-,18+/m0/s1. The molecule has 138 valence electrons. The minimum absolute atomic E-state index is 0.120. The average molecular weight is 372 g/mol. The first-order valence-corrected chi connectivity index (χ1v) is 10.3. The average Bonchev–Trinajstić information content (AvgIpc) is 3.03. The van der Waals surface area contributed by atoms with Gasteiger partial charge in [0.05, 0.1) is 30.3 Å². The summed E-state index contributed by atoms with van der Waals surface area (Å²) in [4.78, 5) is 21.8. The van der Waals surface area contributed by atoms with E-state index in [4.69, 9.17) is 4.74 Å². The van der Waals surface area contributed by atoms with Gasteiger partial charge in [-0.15, -0.1) is 11.3 Å². The summed E-state index contributed by atoms with van der Waals surface area (Å²) >= 11 is 1.59. The van der Waals surface area contributed by atoms with Gasteiger partial charge in [0.1, 0.15) is 5.75 Å². The van der Waals surface area contributed by atoms with Gasteiger partial charge in [-0.05, 0) is 37.5 Å². The zero-order chi connectivity index (χ0) is 17.9. The van der Waals surface area contributed by atoms with Crippen molar-refractivity contribution in [2.75, 3.05) is 19.7 Å². The van der Waals surface area contributed by atoms with E-state index < -0.39 is 0 Å². The molecule has 2 aromatic rings. The Hall–Kier alpha value is -1.92. The lowest BCUT2D eigenvalue weighted by atomic mass is 9.94. The van der Waals surface area contributed by atoms with Gasteiger partial charge in [-0.1, -0.05) is 12.1 Å². The van der Waals surface area contributed by atoms with Crippen molar-refractivity contribution in [3.05, 3.63) is 46.4 Å². The summed E-state index contributed by atoms with van der Waals surface area (Å²) in [5.41, 5.74) is 4.12. The first-order valence-electron chi connectivity index (χ1n) is 9.34. The molecular formula is C20H25N3O2S. The number of ether oxygens (including phenoxy) is 1. The number of fused-ring (bicyclic) bond motifs is 4. The van der Waals surface area contributed by atoms with Crippen LogP contribution in [0.2, 0.25) is 0 Å². The van der Waals surface area contributed by atoms with E-state index in [1.54, 1.807) is 11.3 Å². The molecule has 0 spiro atoms. The Balaban J connectivity index is 1.44. The second-order valence-corrected chi connectivity index (χ2v) is 7.86. The van der Waals surface area contributed by atoms with Gasteiger partial charge in [0, 0.05) is 31.1 Å². The number of carbonyl (C=O) groups excluding carboxylic acids is 1. The fraction of sp³-hybridized carbons (Fsp3) is 0.500. The first-order chi connectivity index (χ1) is 12.7. The molecule has 2 atom stereocenters. The van der Waals surface area contributed by atoms with Gasteiger partial charge in [0.2, 0.25) is 5.91 Å². The second kappa shape index (κ2) is 7.76. The third-order valence-corrected chi connectivity index (χ3v) is 5.96. The highest BCUT2D eigenvalue weighted by Gasteiger charge is 2.40. The van der Waals surface area contributed by atoms with Crippen LogP contribution in [0.4, 0.5) is 0 Å². The van der Waals surface area contributed by atoms with E-state index in [0.29, 0.717) is 25.1 Å². The lowest BCUT2D eigenvalue weighted by Crippen LogP contribution is -2.47. The van der Waals surface area contributed by atoms with Gasteiger partial charge < -0.3 is 9.64 Å². The van der Waals surface area contributed by atoms with Crippen molar-refractivity contribution in [1.29, 1.82) is 0 Å². The molecule has 26 heavy (non-hydrogen) atoms. The Labute approximate surface area is 158 Å². The van der Waals surface area contributed by atoms with Crippen LogP contribution < -0.4 is 4.74 Å². The molecule has 0 aliphatic carbocycles. The summed E-state index contributed by atoms with van der Waals surface area (Å²) in [6.45, 7) is 6.02. The lowest BCUT2D eigenvalue weighted by molar-refractivity contribution is -0.140. The fourth-order valence-electron chi connectivity index (χ4n) is 4.07. The number of thiazole rings is 1. The number of benzene rings is 1. The summed E-state index contributed by atoms with van der Waals surface area (Å²) < 4.78 is 5.52. The molecule has 1 aromatic heterocycles. The number of carbonyl (C=O) groups is 1. The maximum absolute atomic E-state index is 12.9. The van der Waals surface area contributed by atoms with Crippen LogP contribution in [-0.2, 0) is 17.9 Å². The van der Waals surface area contributed by atoms with Gasteiger partial charge in [0.15, 0.2) is 0 Å². The molecule has 0 saturated carbocycles. The molecule has 5 nitrogen and oxygen atoms in total. The number of piperidine rings is 1. The summed E-state index contributed by atoms with van der Waals surface area (Å²) in [6.07, 6.45) is 2.11. The molecule has 2 bridgehead atoms. The van der Waals surface area contributed by atoms with Gasteiger partial charge >= 0.3 is 0 Å². The summed E-state index contributed by atoms with van der Waals surface area (Å²) in [5.74, 6) is 1.34. The van der Waals surface area contributed by atoms with Crippen LogP contribution in [0.15, 0.2) is 35.2 Å². The molecule has 0 radical (unpaired) electrons. The van der Waals surface area contributed by atoms with Crippen LogP contribution in [-0.4, -0.2) is 46.4 Å². The van der Waals surface area contributed by atoms with Crippen molar-refractivity contribution in [3.8, 4) is 5.75 Å². The van der Waals surface area contributed by atoms with Crippen LogP contribution in [0.1, 0.15) is 31.0 Å². The van der Waals surface area contributed by atoms with Crippen molar-refractivity contribution < 1.29 is 9.53 Å². The maximum Gasteiger partial charge on any atom is 0.227 e. The number of hydrogen-bond acceptors (Lipinski definition) is 5. The van der Waals surface area contributed by atoms with E-state index in [-0.39, 0.29) is 5.92 Å². The zero-order valence-electron chi connectivity index (χ0n) is 15.1. The maximum atomic E-state index is 12.9. The SMILES string of the molecule is CCOc1ccc(CN2C[C@@H]3CC[C@H](C2)N(Cc2cscn2)C3=O)cc1. The van der Waals surface area contributed by atoms with Crippen LogP contribution in [0.3, 0.4) is 0 Å². The Kier molecular flexibility index (Phi) is 5.22. The van der Waals surface area contributed by atoms with Crippen LogP contribution in [0.25, 0.3) is 0 Å². The van der Waals surface area contributed by atoms with Gasteiger partial charge in [0.25, 0.3) is 0 Å². The molecule has 3 aliphatic heterocycles. The van der Waals surface area contributed by atoms with Crippen molar-refractivity contribution in [3.63, 3.8) is 0 Å². The van der Waals surface area contributed by atoms with Crippen LogP contribution >= 0.6 is 11.3 Å².